The maximum absolute atomic E-state index is 12.5. The van der Waals surface area contributed by atoms with Crippen molar-refractivity contribution >= 4 is 11.7 Å². The molecule has 2 aliphatic rings. The number of hydrogen-bond acceptors (Lipinski definition) is 4. The van der Waals surface area contributed by atoms with Crippen LogP contribution in [0.1, 0.15) is 32.6 Å². The van der Waals surface area contributed by atoms with Gasteiger partial charge in [0.1, 0.15) is 5.41 Å². The number of carbonyl (C=O) groups is 1. The van der Waals surface area contributed by atoms with Crippen molar-refractivity contribution in [1.82, 2.24) is 4.90 Å². The Balaban J connectivity index is 2.07. The monoisotopic (exact) mass is 255 g/mol. The average Bonchev–Trinajstić information content (AvgIpc) is 3.18. The summed E-state index contributed by atoms with van der Waals surface area (Å²) in [5, 5.41) is 11.8. The number of hydrogen-bond donors (Lipinski definition) is 2. The SMILES string of the molecule is COC1CCN(C(=O)C2(C(N)=NO)CC2)C(C)C1. The number of carbonyl (C=O) groups excluding carboxylic acids is 1. The maximum Gasteiger partial charge on any atom is 0.236 e. The zero-order chi connectivity index (χ0) is 13.3. The quantitative estimate of drug-likeness (QED) is 0.333. The van der Waals surface area contributed by atoms with Crippen LogP contribution >= 0.6 is 0 Å². The summed E-state index contributed by atoms with van der Waals surface area (Å²) < 4.78 is 5.33. The predicted octanol–water partition coefficient (Wildman–Crippen LogP) is 0.539. The van der Waals surface area contributed by atoms with E-state index in [0.29, 0.717) is 19.4 Å². The van der Waals surface area contributed by atoms with Gasteiger partial charge in [0.25, 0.3) is 0 Å². The second-order valence-electron chi connectivity index (χ2n) is 5.30. The summed E-state index contributed by atoms with van der Waals surface area (Å²) in [4.78, 5) is 14.3. The Hall–Kier alpha value is -1.30. The molecule has 0 aromatic heterocycles. The molecule has 1 saturated carbocycles. The molecule has 2 fully saturated rings. The van der Waals surface area contributed by atoms with E-state index < -0.39 is 5.41 Å². The molecule has 0 bridgehead atoms. The van der Waals surface area contributed by atoms with Crippen LogP contribution in [0.25, 0.3) is 0 Å². The van der Waals surface area contributed by atoms with Crippen LogP contribution in [0.5, 0.6) is 0 Å². The maximum atomic E-state index is 12.5. The molecule has 1 saturated heterocycles. The largest absolute Gasteiger partial charge is 0.409 e. The molecule has 0 radical (unpaired) electrons. The van der Waals surface area contributed by atoms with Crippen molar-refractivity contribution in [2.24, 2.45) is 16.3 Å². The summed E-state index contributed by atoms with van der Waals surface area (Å²) in [7, 11) is 1.70. The Kier molecular flexibility index (Phi) is 3.47. The number of ether oxygens (including phenoxy) is 1. The topological polar surface area (TPSA) is 88.2 Å². The molecular formula is C12H21N3O3. The van der Waals surface area contributed by atoms with Crippen LogP contribution in [0, 0.1) is 5.41 Å². The second-order valence-corrected chi connectivity index (χ2v) is 5.30. The standard InChI is InChI=1S/C12H21N3O3/c1-8-7-9(18-2)3-6-15(8)11(16)12(4-5-12)10(13)14-17/h8-9,17H,3-7H2,1-2H3,(H2,13,14). The minimum absolute atomic E-state index is 0.000136. The van der Waals surface area contributed by atoms with Crippen LogP contribution in [-0.4, -0.2) is 47.7 Å². The number of amidine groups is 1. The fourth-order valence-electron chi connectivity index (χ4n) is 2.72. The highest BCUT2D eigenvalue weighted by molar-refractivity contribution is 6.09. The minimum atomic E-state index is -0.733. The van der Waals surface area contributed by atoms with E-state index in [1.54, 1.807) is 7.11 Å². The van der Waals surface area contributed by atoms with E-state index >= 15 is 0 Å². The summed E-state index contributed by atoms with van der Waals surface area (Å²) in [6.07, 6.45) is 3.27. The third kappa shape index (κ3) is 2.05. The molecule has 2 rings (SSSR count). The van der Waals surface area contributed by atoms with Crippen molar-refractivity contribution in [3.05, 3.63) is 0 Å². The van der Waals surface area contributed by atoms with E-state index in [-0.39, 0.29) is 23.9 Å². The number of piperidine rings is 1. The molecule has 0 aromatic rings. The number of oxime groups is 1. The van der Waals surface area contributed by atoms with Crippen LogP contribution in [0.2, 0.25) is 0 Å². The van der Waals surface area contributed by atoms with Crippen LogP contribution in [0.3, 0.4) is 0 Å². The molecule has 1 aliphatic carbocycles. The third-order valence-corrected chi connectivity index (χ3v) is 4.18. The normalized spacial score (nSPS) is 31.2. The van der Waals surface area contributed by atoms with E-state index in [1.807, 2.05) is 11.8 Å². The number of nitrogens with two attached hydrogens (primary N) is 1. The fourth-order valence-corrected chi connectivity index (χ4v) is 2.72. The van der Waals surface area contributed by atoms with Gasteiger partial charge in [-0.1, -0.05) is 5.16 Å². The Labute approximate surface area is 107 Å². The molecule has 6 heteroatoms. The van der Waals surface area contributed by atoms with Gasteiger partial charge in [0.2, 0.25) is 5.91 Å². The first-order chi connectivity index (χ1) is 8.55. The van der Waals surface area contributed by atoms with Gasteiger partial charge in [0.05, 0.1) is 6.10 Å². The Bertz CT molecular complexity index is 366. The van der Waals surface area contributed by atoms with Gasteiger partial charge in [-0.25, -0.2) is 0 Å². The summed E-state index contributed by atoms with van der Waals surface area (Å²) in [6.45, 7) is 2.70. The highest BCUT2D eigenvalue weighted by Gasteiger charge is 2.56. The molecule has 2 atom stereocenters. The van der Waals surface area contributed by atoms with Crippen LogP contribution in [0.4, 0.5) is 0 Å². The molecule has 0 spiro atoms. The smallest absolute Gasteiger partial charge is 0.236 e. The fraction of sp³-hybridized carbons (Fsp3) is 0.833. The van der Waals surface area contributed by atoms with Gasteiger partial charge in [0, 0.05) is 19.7 Å². The van der Waals surface area contributed by atoms with E-state index in [1.165, 1.54) is 0 Å². The van der Waals surface area contributed by atoms with Gasteiger partial charge >= 0.3 is 0 Å². The lowest BCUT2D eigenvalue weighted by molar-refractivity contribution is -0.140. The number of likely N-dealkylation sites (tertiary alicyclic amines) is 1. The van der Waals surface area contributed by atoms with Gasteiger partial charge in [-0.2, -0.15) is 0 Å². The molecule has 6 nitrogen and oxygen atoms in total. The molecular weight excluding hydrogens is 234 g/mol. The molecule has 0 aromatic carbocycles. The van der Waals surface area contributed by atoms with Gasteiger partial charge in [-0.3, -0.25) is 4.79 Å². The van der Waals surface area contributed by atoms with Gasteiger partial charge < -0.3 is 20.6 Å². The Morgan fingerprint density at radius 2 is 2.22 bits per heavy atom. The lowest BCUT2D eigenvalue weighted by Crippen LogP contribution is -2.51. The lowest BCUT2D eigenvalue weighted by atomic mass is 9.96. The Morgan fingerprint density at radius 3 is 2.67 bits per heavy atom. The highest BCUT2D eigenvalue weighted by Crippen LogP contribution is 2.48. The molecule has 3 N–H and O–H groups in total. The molecule has 1 amide bonds. The molecule has 18 heavy (non-hydrogen) atoms. The van der Waals surface area contributed by atoms with E-state index in [2.05, 4.69) is 5.16 Å². The number of methoxy groups -OCH3 is 1. The summed E-state index contributed by atoms with van der Waals surface area (Å²) in [5.74, 6) is 0.0495. The van der Waals surface area contributed by atoms with Gasteiger partial charge in [0.15, 0.2) is 5.84 Å². The summed E-state index contributed by atoms with van der Waals surface area (Å²) >= 11 is 0. The second kappa shape index (κ2) is 4.76. The first-order valence-corrected chi connectivity index (χ1v) is 6.37. The zero-order valence-corrected chi connectivity index (χ0v) is 10.9. The molecule has 1 heterocycles. The van der Waals surface area contributed by atoms with Gasteiger partial charge in [-0.15, -0.1) is 0 Å². The van der Waals surface area contributed by atoms with Crippen molar-refractivity contribution < 1.29 is 14.7 Å². The summed E-state index contributed by atoms with van der Waals surface area (Å²) in [6, 6.07) is 0.139. The number of amides is 1. The number of nitrogens with zero attached hydrogens (tertiary/aromatic N) is 2. The van der Waals surface area contributed by atoms with Crippen molar-refractivity contribution in [3.8, 4) is 0 Å². The van der Waals surface area contributed by atoms with Crippen LogP contribution in [-0.2, 0) is 9.53 Å². The van der Waals surface area contributed by atoms with Crippen molar-refractivity contribution in [2.75, 3.05) is 13.7 Å². The highest BCUT2D eigenvalue weighted by atomic mass is 16.5. The number of rotatable bonds is 3. The molecule has 2 unspecified atom stereocenters. The first kappa shape index (κ1) is 13.1. The predicted molar refractivity (Wildman–Crippen MR) is 66.3 cm³/mol. The lowest BCUT2D eigenvalue weighted by Gasteiger charge is -2.38. The molecule has 102 valence electrons. The first-order valence-electron chi connectivity index (χ1n) is 6.37. The van der Waals surface area contributed by atoms with Crippen LogP contribution in [0.15, 0.2) is 5.16 Å². The minimum Gasteiger partial charge on any atom is -0.409 e. The van der Waals surface area contributed by atoms with E-state index in [4.69, 9.17) is 15.7 Å². The van der Waals surface area contributed by atoms with Crippen molar-refractivity contribution in [2.45, 2.75) is 44.8 Å². The van der Waals surface area contributed by atoms with Crippen molar-refractivity contribution in [3.63, 3.8) is 0 Å². The van der Waals surface area contributed by atoms with E-state index in [9.17, 15) is 4.79 Å². The van der Waals surface area contributed by atoms with Gasteiger partial charge in [-0.05, 0) is 32.6 Å². The van der Waals surface area contributed by atoms with E-state index in [0.717, 1.165) is 12.8 Å². The summed E-state index contributed by atoms with van der Waals surface area (Å²) in [5.41, 5.74) is 4.91. The average molecular weight is 255 g/mol. The molecule has 1 aliphatic heterocycles. The van der Waals surface area contributed by atoms with Crippen LogP contribution < -0.4 is 5.73 Å². The zero-order valence-electron chi connectivity index (χ0n) is 10.9. The Morgan fingerprint density at radius 1 is 1.56 bits per heavy atom. The third-order valence-electron chi connectivity index (χ3n) is 4.18. The van der Waals surface area contributed by atoms with Crippen molar-refractivity contribution in [1.29, 1.82) is 0 Å².